The van der Waals surface area contributed by atoms with E-state index in [-0.39, 0.29) is 11.9 Å². The van der Waals surface area contributed by atoms with E-state index in [1.54, 1.807) is 13.0 Å². The Morgan fingerprint density at radius 2 is 2.06 bits per heavy atom. The number of hydrogen-bond acceptors (Lipinski definition) is 3. The van der Waals surface area contributed by atoms with Gasteiger partial charge < -0.3 is 15.7 Å². The lowest BCUT2D eigenvalue weighted by Crippen LogP contribution is -2.48. The van der Waals surface area contributed by atoms with Crippen molar-refractivity contribution >= 4 is 5.91 Å². The van der Waals surface area contributed by atoms with Gasteiger partial charge in [-0.05, 0) is 19.8 Å². The summed E-state index contributed by atoms with van der Waals surface area (Å²) in [7, 11) is 0. The molecule has 1 unspecified atom stereocenters. The van der Waals surface area contributed by atoms with Crippen LogP contribution in [0.1, 0.15) is 33.6 Å². The van der Waals surface area contributed by atoms with Gasteiger partial charge in [0.1, 0.15) is 0 Å². The first-order chi connectivity index (χ1) is 7.49. The number of hydrogen-bond donors (Lipinski definition) is 3. The Labute approximate surface area is 98.1 Å². The molecule has 0 rings (SSSR count). The van der Waals surface area contributed by atoms with Crippen LogP contribution in [0, 0.1) is 0 Å². The summed E-state index contributed by atoms with van der Waals surface area (Å²) in [6.45, 7) is 10.1. The Morgan fingerprint density at radius 3 is 2.50 bits per heavy atom. The summed E-state index contributed by atoms with van der Waals surface area (Å²) in [5.41, 5.74) is -0.715. The Morgan fingerprint density at radius 1 is 1.50 bits per heavy atom. The van der Waals surface area contributed by atoms with Crippen molar-refractivity contribution in [2.24, 2.45) is 0 Å². The van der Waals surface area contributed by atoms with Crippen LogP contribution in [0.25, 0.3) is 0 Å². The lowest BCUT2D eigenvalue weighted by molar-refractivity contribution is -0.122. The second-order valence-corrected chi connectivity index (χ2v) is 4.07. The van der Waals surface area contributed by atoms with Crippen molar-refractivity contribution in [3.63, 3.8) is 0 Å². The number of carbonyl (C=O) groups is 1. The molecule has 1 atom stereocenters. The van der Waals surface area contributed by atoms with E-state index < -0.39 is 5.60 Å². The highest BCUT2D eigenvalue weighted by molar-refractivity contribution is 5.81. The van der Waals surface area contributed by atoms with Gasteiger partial charge in [-0.1, -0.05) is 19.9 Å². The first-order valence-electron chi connectivity index (χ1n) is 5.83. The molecule has 1 amide bonds. The maximum absolute atomic E-state index is 11.5. The Kier molecular flexibility index (Phi) is 7.01. The smallest absolute Gasteiger partial charge is 0.237 e. The molecule has 0 radical (unpaired) electrons. The molecule has 0 saturated heterocycles. The standard InChI is InChI=1S/C12H24N2O2/c1-5-8-13-11(15)10(4)14-9-12(16,6-2)7-3/h5,10,14,16H,1,6-9H2,2-4H3,(H,13,15). The highest BCUT2D eigenvalue weighted by Crippen LogP contribution is 2.12. The summed E-state index contributed by atoms with van der Waals surface area (Å²) in [5, 5.41) is 15.8. The van der Waals surface area contributed by atoms with Crippen LogP contribution < -0.4 is 10.6 Å². The summed E-state index contributed by atoms with van der Waals surface area (Å²) in [4.78, 5) is 11.5. The van der Waals surface area contributed by atoms with E-state index in [1.165, 1.54) is 0 Å². The van der Waals surface area contributed by atoms with Gasteiger partial charge >= 0.3 is 0 Å². The van der Waals surface area contributed by atoms with Crippen LogP contribution in [0.3, 0.4) is 0 Å². The van der Waals surface area contributed by atoms with Gasteiger partial charge in [-0.25, -0.2) is 0 Å². The zero-order valence-electron chi connectivity index (χ0n) is 10.5. The summed E-state index contributed by atoms with van der Waals surface area (Å²) >= 11 is 0. The Balaban J connectivity index is 4.00. The monoisotopic (exact) mass is 228 g/mol. The van der Waals surface area contributed by atoms with Crippen LogP contribution in [-0.2, 0) is 4.79 Å². The molecule has 0 aromatic rings. The van der Waals surface area contributed by atoms with Crippen LogP contribution >= 0.6 is 0 Å². The molecule has 0 aliphatic rings. The molecule has 0 aromatic carbocycles. The first-order valence-corrected chi connectivity index (χ1v) is 5.83. The number of carbonyl (C=O) groups excluding carboxylic acids is 1. The lowest BCUT2D eigenvalue weighted by Gasteiger charge is -2.27. The number of aliphatic hydroxyl groups is 1. The molecule has 0 aromatic heterocycles. The maximum atomic E-state index is 11.5. The van der Waals surface area contributed by atoms with Gasteiger partial charge in [0.05, 0.1) is 11.6 Å². The third kappa shape index (κ3) is 5.28. The van der Waals surface area contributed by atoms with Gasteiger partial charge in [-0.15, -0.1) is 6.58 Å². The largest absolute Gasteiger partial charge is 0.389 e. The van der Waals surface area contributed by atoms with Crippen LogP contribution in [-0.4, -0.2) is 35.7 Å². The molecule has 94 valence electrons. The van der Waals surface area contributed by atoms with Crippen molar-refractivity contribution in [1.82, 2.24) is 10.6 Å². The second kappa shape index (κ2) is 7.41. The number of amides is 1. The van der Waals surface area contributed by atoms with Gasteiger partial charge in [-0.3, -0.25) is 4.79 Å². The molecule has 0 bridgehead atoms. The molecule has 0 aliphatic heterocycles. The van der Waals surface area contributed by atoms with Gasteiger partial charge in [0, 0.05) is 13.1 Å². The van der Waals surface area contributed by atoms with E-state index >= 15 is 0 Å². The molecular formula is C12H24N2O2. The third-order valence-electron chi connectivity index (χ3n) is 2.87. The second-order valence-electron chi connectivity index (χ2n) is 4.07. The molecule has 3 N–H and O–H groups in total. The summed E-state index contributed by atoms with van der Waals surface area (Å²) in [6, 6.07) is -0.301. The predicted molar refractivity (Wildman–Crippen MR) is 66.2 cm³/mol. The van der Waals surface area contributed by atoms with Crippen LogP contribution in [0.5, 0.6) is 0 Å². The van der Waals surface area contributed by atoms with E-state index in [9.17, 15) is 9.90 Å². The van der Waals surface area contributed by atoms with E-state index in [0.717, 1.165) is 0 Å². The zero-order chi connectivity index (χ0) is 12.6. The van der Waals surface area contributed by atoms with Crippen LogP contribution in [0.2, 0.25) is 0 Å². The SMILES string of the molecule is C=CCNC(=O)C(C)NCC(O)(CC)CC. The van der Waals surface area contributed by atoms with Crippen molar-refractivity contribution < 1.29 is 9.90 Å². The van der Waals surface area contributed by atoms with Crippen molar-refractivity contribution in [2.75, 3.05) is 13.1 Å². The van der Waals surface area contributed by atoms with Gasteiger partial charge in [0.15, 0.2) is 0 Å². The third-order valence-corrected chi connectivity index (χ3v) is 2.87. The molecule has 0 saturated carbocycles. The minimum atomic E-state index is -0.715. The van der Waals surface area contributed by atoms with Crippen molar-refractivity contribution in [2.45, 2.75) is 45.3 Å². The van der Waals surface area contributed by atoms with Gasteiger partial charge in [0.2, 0.25) is 5.91 Å². The van der Waals surface area contributed by atoms with E-state index in [2.05, 4.69) is 17.2 Å². The summed E-state index contributed by atoms with van der Waals surface area (Å²) < 4.78 is 0. The van der Waals surface area contributed by atoms with Crippen molar-refractivity contribution in [3.05, 3.63) is 12.7 Å². The summed E-state index contributed by atoms with van der Waals surface area (Å²) in [5.74, 6) is -0.0746. The summed E-state index contributed by atoms with van der Waals surface area (Å²) in [6.07, 6.45) is 2.99. The fourth-order valence-corrected chi connectivity index (χ4v) is 1.26. The average Bonchev–Trinajstić information content (AvgIpc) is 2.32. The molecular weight excluding hydrogens is 204 g/mol. The van der Waals surface area contributed by atoms with E-state index in [1.807, 2.05) is 13.8 Å². The highest BCUT2D eigenvalue weighted by atomic mass is 16.3. The van der Waals surface area contributed by atoms with E-state index in [4.69, 9.17) is 0 Å². The Hall–Kier alpha value is -0.870. The minimum absolute atomic E-state index is 0.0746. The highest BCUT2D eigenvalue weighted by Gasteiger charge is 2.23. The van der Waals surface area contributed by atoms with Crippen LogP contribution in [0.4, 0.5) is 0 Å². The molecule has 0 heterocycles. The number of nitrogens with one attached hydrogen (secondary N) is 2. The van der Waals surface area contributed by atoms with Crippen molar-refractivity contribution in [1.29, 1.82) is 0 Å². The molecule has 4 nitrogen and oxygen atoms in total. The van der Waals surface area contributed by atoms with Gasteiger partial charge in [0.25, 0.3) is 0 Å². The average molecular weight is 228 g/mol. The lowest BCUT2D eigenvalue weighted by atomic mass is 9.97. The zero-order valence-corrected chi connectivity index (χ0v) is 10.5. The van der Waals surface area contributed by atoms with Crippen molar-refractivity contribution in [3.8, 4) is 0 Å². The molecule has 16 heavy (non-hydrogen) atoms. The fraction of sp³-hybridized carbons (Fsp3) is 0.750. The quantitative estimate of drug-likeness (QED) is 0.539. The van der Waals surface area contributed by atoms with Gasteiger partial charge in [-0.2, -0.15) is 0 Å². The first kappa shape index (κ1) is 15.1. The van der Waals surface area contributed by atoms with Crippen LogP contribution in [0.15, 0.2) is 12.7 Å². The fourth-order valence-electron chi connectivity index (χ4n) is 1.26. The molecule has 4 heteroatoms. The Bertz CT molecular complexity index is 225. The molecule has 0 aliphatic carbocycles. The normalized spacial score (nSPS) is 13.2. The molecule has 0 fully saturated rings. The topological polar surface area (TPSA) is 61.4 Å². The number of rotatable bonds is 8. The minimum Gasteiger partial charge on any atom is -0.389 e. The predicted octanol–water partition coefficient (Wildman–Crippen LogP) is 0.818. The molecule has 0 spiro atoms. The maximum Gasteiger partial charge on any atom is 0.237 e. The van der Waals surface area contributed by atoms with E-state index in [0.29, 0.717) is 25.9 Å².